The van der Waals surface area contributed by atoms with Crippen molar-refractivity contribution in [2.45, 2.75) is 58.4 Å². The lowest BCUT2D eigenvalue weighted by Crippen LogP contribution is -2.28. The van der Waals surface area contributed by atoms with Crippen LogP contribution in [0.4, 0.5) is 0 Å². The lowest BCUT2D eigenvalue weighted by molar-refractivity contribution is -0.121. The molecule has 0 atom stereocenters. The van der Waals surface area contributed by atoms with Crippen LogP contribution in [0.15, 0.2) is 47.3 Å². The Morgan fingerprint density at radius 1 is 1.06 bits per heavy atom. The Balaban J connectivity index is 1.30. The lowest BCUT2D eigenvalue weighted by Gasteiger charge is -2.16. The monoisotopic (exact) mass is 461 g/mol. The van der Waals surface area contributed by atoms with E-state index in [4.69, 9.17) is 4.74 Å². The molecule has 0 saturated carbocycles. The fourth-order valence-corrected chi connectivity index (χ4v) is 4.24. The number of aromatic nitrogens is 2. The Morgan fingerprint density at radius 3 is 2.68 bits per heavy atom. The molecule has 2 aromatic carbocycles. The van der Waals surface area contributed by atoms with Gasteiger partial charge in [-0.1, -0.05) is 42.7 Å². The molecule has 1 N–H and O–H groups in total. The number of amides is 1. The zero-order valence-corrected chi connectivity index (χ0v) is 19.6. The summed E-state index contributed by atoms with van der Waals surface area (Å²) in [5, 5.41) is 3.30. The molecule has 0 radical (unpaired) electrons. The first kappa shape index (κ1) is 23.7. The van der Waals surface area contributed by atoms with Crippen molar-refractivity contribution < 1.29 is 14.3 Å². The maximum absolute atomic E-state index is 12.9. The van der Waals surface area contributed by atoms with Gasteiger partial charge in [-0.3, -0.25) is 14.2 Å². The average molecular weight is 462 g/mol. The second-order valence-corrected chi connectivity index (χ2v) is 8.85. The highest BCUT2D eigenvalue weighted by atomic mass is 16.5. The molecule has 2 heterocycles. The van der Waals surface area contributed by atoms with Gasteiger partial charge < -0.3 is 10.1 Å². The number of hydrogen-bond donors (Lipinski definition) is 1. The molecule has 0 saturated heterocycles. The number of aryl methyl sites for hydroxylation is 3. The fourth-order valence-electron chi connectivity index (χ4n) is 4.24. The van der Waals surface area contributed by atoms with Gasteiger partial charge in [-0.25, -0.2) is 9.78 Å². The van der Waals surface area contributed by atoms with Crippen LogP contribution in [0.1, 0.15) is 59.4 Å². The second kappa shape index (κ2) is 11.1. The van der Waals surface area contributed by atoms with Crippen LogP contribution >= 0.6 is 0 Å². The van der Waals surface area contributed by atoms with E-state index in [2.05, 4.69) is 10.3 Å². The minimum Gasteiger partial charge on any atom is -0.460 e. The van der Waals surface area contributed by atoms with Gasteiger partial charge in [-0.05, 0) is 49.9 Å². The third kappa shape index (κ3) is 5.90. The van der Waals surface area contributed by atoms with Gasteiger partial charge in [-0.2, -0.15) is 0 Å². The summed E-state index contributed by atoms with van der Waals surface area (Å²) < 4.78 is 7.10. The van der Waals surface area contributed by atoms with Crippen LogP contribution < -0.4 is 10.9 Å². The molecule has 0 spiro atoms. The van der Waals surface area contributed by atoms with E-state index in [1.165, 1.54) is 5.56 Å². The number of rotatable bonds is 7. The van der Waals surface area contributed by atoms with Crippen molar-refractivity contribution >= 4 is 22.8 Å². The number of carbonyl (C=O) groups is 2. The van der Waals surface area contributed by atoms with Crippen molar-refractivity contribution in [3.63, 3.8) is 0 Å². The first-order valence-corrected chi connectivity index (χ1v) is 12.0. The van der Waals surface area contributed by atoms with Crippen molar-refractivity contribution in [1.82, 2.24) is 14.9 Å². The number of nitrogens with zero attached hydrogens (tertiary/aromatic N) is 2. The predicted octanol–water partition coefficient (Wildman–Crippen LogP) is 3.73. The van der Waals surface area contributed by atoms with Crippen molar-refractivity contribution in [2.75, 3.05) is 13.2 Å². The van der Waals surface area contributed by atoms with E-state index in [0.717, 1.165) is 43.5 Å². The van der Waals surface area contributed by atoms with E-state index in [1.54, 1.807) is 22.8 Å². The topological polar surface area (TPSA) is 90.3 Å². The molecule has 34 heavy (non-hydrogen) atoms. The smallest absolute Gasteiger partial charge is 0.338 e. The largest absolute Gasteiger partial charge is 0.460 e. The van der Waals surface area contributed by atoms with Crippen molar-refractivity contribution in [2.24, 2.45) is 0 Å². The van der Waals surface area contributed by atoms with E-state index < -0.39 is 5.97 Å². The number of fused-ring (bicyclic) bond motifs is 2. The van der Waals surface area contributed by atoms with Crippen LogP contribution in [0.3, 0.4) is 0 Å². The van der Waals surface area contributed by atoms with Gasteiger partial charge in [0, 0.05) is 19.4 Å². The van der Waals surface area contributed by atoms with Gasteiger partial charge in [0.2, 0.25) is 5.91 Å². The molecule has 178 valence electrons. The zero-order valence-electron chi connectivity index (χ0n) is 19.6. The molecule has 1 amide bonds. The van der Waals surface area contributed by atoms with Crippen LogP contribution in [0.25, 0.3) is 10.9 Å². The number of hydrogen-bond acceptors (Lipinski definition) is 5. The summed E-state index contributed by atoms with van der Waals surface area (Å²) >= 11 is 0. The van der Waals surface area contributed by atoms with E-state index in [-0.39, 0.29) is 24.6 Å². The van der Waals surface area contributed by atoms with Crippen LogP contribution in [0.2, 0.25) is 0 Å². The normalized spacial score (nSPS) is 13.6. The fraction of sp³-hybridized carbons (Fsp3) is 0.407. The summed E-state index contributed by atoms with van der Waals surface area (Å²) in [7, 11) is 0. The quantitative estimate of drug-likeness (QED) is 0.428. The van der Waals surface area contributed by atoms with Crippen molar-refractivity contribution in [3.8, 4) is 0 Å². The second-order valence-electron chi connectivity index (χ2n) is 8.85. The van der Waals surface area contributed by atoms with Gasteiger partial charge >= 0.3 is 5.97 Å². The van der Waals surface area contributed by atoms with Crippen LogP contribution in [-0.4, -0.2) is 34.6 Å². The molecular weight excluding hydrogens is 430 g/mol. The third-order valence-corrected chi connectivity index (χ3v) is 6.22. The van der Waals surface area contributed by atoms with Crippen molar-refractivity contribution in [1.29, 1.82) is 0 Å². The Bertz CT molecular complexity index is 1230. The minimum atomic E-state index is -0.496. The third-order valence-electron chi connectivity index (χ3n) is 6.22. The SMILES string of the molecule is Cc1ccc(CCC(=O)NCCOC(=O)c2ccc3c(=O)n4c(nc3c2)CCCCCC4)cc1. The van der Waals surface area contributed by atoms with Gasteiger partial charge in [0.05, 0.1) is 23.0 Å². The molecule has 1 aliphatic heterocycles. The number of carbonyl (C=O) groups excluding carboxylic acids is 2. The van der Waals surface area contributed by atoms with Gasteiger partial charge in [0.1, 0.15) is 12.4 Å². The highest BCUT2D eigenvalue weighted by Crippen LogP contribution is 2.17. The Kier molecular flexibility index (Phi) is 7.72. The van der Waals surface area contributed by atoms with Gasteiger partial charge in [0.15, 0.2) is 0 Å². The summed E-state index contributed by atoms with van der Waals surface area (Å²) in [6, 6.07) is 13.0. The Morgan fingerprint density at radius 2 is 1.85 bits per heavy atom. The lowest BCUT2D eigenvalue weighted by atomic mass is 10.1. The standard InChI is InChI=1S/C27H31N3O4/c1-19-7-9-20(10-8-19)11-14-25(31)28-15-17-34-27(33)21-12-13-22-23(18-21)29-24-6-4-2-3-5-16-30(24)26(22)32/h7-10,12-13,18H,2-6,11,14-17H2,1H3,(H,28,31). The Hall–Kier alpha value is -3.48. The summed E-state index contributed by atoms with van der Waals surface area (Å²) in [5.74, 6) is 0.212. The van der Waals surface area contributed by atoms with Gasteiger partial charge in [0.25, 0.3) is 5.56 Å². The maximum atomic E-state index is 12.9. The van der Waals surface area contributed by atoms with E-state index >= 15 is 0 Å². The molecule has 0 unspecified atom stereocenters. The molecular formula is C27H31N3O4. The molecule has 1 aliphatic rings. The van der Waals surface area contributed by atoms with E-state index in [0.29, 0.717) is 35.9 Å². The first-order valence-electron chi connectivity index (χ1n) is 12.0. The number of nitrogens with one attached hydrogen (secondary N) is 1. The zero-order chi connectivity index (χ0) is 23.9. The molecule has 7 nitrogen and oxygen atoms in total. The molecule has 0 fully saturated rings. The van der Waals surface area contributed by atoms with Crippen LogP contribution in [-0.2, 0) is 28.9 Å². The van der Waals surface area contributed by atoms with Crippen LogP contribution in [0.5, 0.6) is 0 Å². The highest BCUT2D eigenvalue weighted by molar-refractivity contribution is 5.94. The minimum absolute atomic E-state index is 0.0461. The Labute approximate surface area is 199 Å². The molecule has 0 bridgehead atoms. The summed E-state index contributed by atoms with van der Waals surface area (Å²) in [6.07, 6.45) is 6.07. The summed E-state index contributed by atoms with van der Waals surface area (Å²) in [4.78, 5) is 42.2. The molecule has 1 aromatic heterocycles. The van der Waals surface area contributed by atoms with E-state index in [1.807, 2.05) is 31.2 Å². The summed E-state index contributed by atoms with van der Waals surface area (Å²) in [5.41, 5.74) is 3.13. The van der Waals surface area contributed by atoms with Crippen LogP contribution in [0, 0.1) is 6.92 Å². The van der Waals surface area contributed by atoms with Gasteiger partial charge in [-0.15, -0.1) is 0 Å². The highest BCUT2D eigenvalue weighted by Gasteiger charge is 2.15. The predicted molar refractivity (Wildman–Crippen MR) is 131 cm³/mol. The number of esters is 1. The number of ether oxygens (including phenoxy) is 1. The molecule has 3 aromatic rings. The molecule has 4 rings (SSSR count). The average Bonchev–Trinajstić information content (AvgIpc) is 2.82. The number of benzene rings is 2. The first-order chi connectivity index (χ1) is 16.5. The molecule has 0 aliphatic carbocycles. The van der Waals surface area contributed by atoms with E-state index in [9.17, 15) is 14.4 Å². The summed E-state index contributed by atoms with van der Waals surface area (Å²) in [6.45, 7) is 3.05. The molecule has 7 heteroatoms. The van der Waals surface area contributed by atoms with Crippen molar-refractivity contribution in [3.05, 3.63) is 75.3 Å². The maximum Gasteiger partial charge on any atom is 0.338 e.